The summed E-state index contributed by atoms with van der Waals surface area (Å²) in [5.74, 6) is -1.32. The van der Waals surface area contributed by atoms with Crippen LogP contribution in [-0.4, -0.2) is 20.9 Å². The Kier molecular flexibility index (Phi) is 3.46. The second-order valence-corrected chi connectivity index (χ2v) is 4.20. The van der Waals surface area contributed by atoms with E-state index in [1.165, 1.54) is 12.1 Å². The van der Waals surface area contributed by atoms with Crippen LogP contribution in [0.15, 0.2) is 36.5 Å². The molecule has 19 heavy (non-hydrogen) atoms. The lowest BCUT2D eigenvalue weighted by Crippen LogP contribution is -1.96. The van der Waals surface area contributed by atoms with Gasteiger partial charge in [-0.2, -0.15) is 5.10 Å². The van der Waals surface area contributed by atoms with Crippen LogP contribution in [0.2, 0.25) is 0 Å². The number of halogens is 1. The Morgan fingerprint density at radius 1 is 1.37 bits per heavy atom. The Hall–Kier alpha value is -2.43. The third-order valence-corrected chi connectivity index (χ3v) is 2.82. The molecule has 0 bridgehead atoms. The molecule has 1 N–H and O–H groups in total. The van der Waals surface area contributed by atoms with E-state index in [0.717, 1.165) is 22.9 Å². The lowest BCUT2D eigenvalue weighted by Gasteiger charge is -2.06. The maximum Gasteiger partial charge on any atom is 0.328 e. The van der Waals surface area contributed by atoms with Crippen molar-refractivity contribution < 1.29 is 14.3 Å². The van der Waals surface area contributed by atoms with Crippen LogP contribution in [0.25, 0.3) is 16.8 Å². The van der Waals surface area contributed by atoms with Gasteiger partial charge in [0.1, 0.15) is 5.82 Å². The number of aryl methyl sites for hydroxylation is 1. The fraction of sp³-hybridized carbons (Fsp3) is 0.143. The number of benzene rings is 1. The molecule has 1 aromatic heterocycles. The highest BCUT2D eigenvalue weighted by molar-refractivity contribution is 5.92. The van der Waals surface area contributed by atoms with Gasteiger partial charge in [-0.15, -0.1) is 0 Å². The molecule has 0 atom stereocenters. The third-order valence-electron chi connectivity index (χ3n) is 2.82. The van der Waals surface area contributed by atoms with E-state index in [0.29, 0.717) is 5.57 Å². The van der Waals surface area contributed by atoms with Crippen LogP contribution in [0.5, 0.6) is 0 Å². The Labute approximate surface area is 109 Å². The van der Waals surface area contributed by atoms with Crippen LogP contribution >= 0.6 is 0 Å². The average molecular weight is 260 g/mol. The molecule has 0 aliphatic carbocycles. The van der Waals surface area contributed by atoms with Crippen molar-refractivity contribution in [2.24, 2.45) is 7.05 Å². The van der Waals surface area contributed by atoms with E-state index in [2.05, 4.69) is 5.10 Å². The Balaban J connectivity index is 2.55. The largest absolute Gasteiger partial charge is 0.478 e. The molecule has 5 heteroatoms. The molecule has 98 valence electrons. The minimum absolute atomic E-state index is 0.315. The van der Waals surface area contributed by atoms with Gasteiger partial charge in [0, 0.05) is 24.3 Å². The standard InChI is InChI=1S/C14H13FN2O2/c1-9(7-13(18)19)12-8-16-17(2)14(12)10-3-5-11(15)6-4-10/h3-8H,1-2H3,(H,18,19). The highest BCUT2D eigenvalue weighted by atomic mass is 19.1. The first-order valence-electron chi connectivity index (χ1n) is 5.68. The summed E-state index contributed by atoms with van der Waals surface area (Å²) in [6.07, 6.45) is 2.73. The molecule has 0 saturated heterocycles. The zero-order valence-electron chi connectivity index (χ0n) is 10.6. The summed E-state index contributed by atoms with van der Waals surface area (Å²) in [6, 6.07) is 6.01. The summed E-state index contributed by atoms with van der Waals surface area (Å²) in [6.45, 7) is 1.71. The zero-order valence-corrected chi connectivity index (χ0v) is 10.6. The summed E-state index contributed by atoms with van der Waals surface area (Å²) in [5, 5.41) is 12.9. The quantitative estimate of drug-likeness (QED) is 0.863. The average Bonchev–Trinajstić information content (AvgIpc) is 2.71. The van der Waals surface area contributed by atoms with Crippen molar-refractivity contribution >= 4 is 11.5 Å². The van der Waals surface area contributed by atoms with Gasteiger partial charge in [-0.3, -0.25) is 4.68 Å². The number of carbonyl (C=O) groups is 1. The minimum atomic E-state index is -1.01. The molecule has 2 rings (SSSR count). The fourth-order valence-corrected chi connectivity index (χ4v) is 1.94. The number of hydrogen-bond acceptors (Lipinski definition) is 2. The van der Waals surface area contributed by atoms with Crippen molar-refractivity contribution in [1.82, 2.24) is 9.78 Å². The lowest BCUT2D eigenvalue weighted by molar-refractivity contribution is -0.131. The third kappa shape index (κ3) is 2.70. The van der Waals surface area contributed by atoms with Gasteiger partial charge in [0.25, 0.3) is 0 Å². The van der Waals surface area contributed by atoms with Gasteiger partial charge in [-0.1, -0.05) is 0 Å². The number of nitrogens with zero attached hydrogens (tertiary/aromatic N) is 2. The summed E-state index contributed by atoms with van der Waals surface area (Å²) >= 11 is 0. The van der Waals surface area contributed by atoms with Gasteiger partial charge in [0.15, 0.2) is 0 Å². The van der Waals surface area contributed by atoms with Crippen molar-refractivity contribution in [1.29, 1.82) is 0 Å². The Bertz CT molecular complexity index is 642. The van der Waals surface area contributed by atoms with Crippen LogP contribution < -0.4 is 0 Å². The summed E-state index contributed by atoms with van der Waals surface area (Å²) in [7, 11) is 1.76. The number of hydrogen-bond donors (Lipinski definition) is 1. The van der Waals surface area contributed by atoms with E-state index < -0.39 is 5.97 Å². The minimum Gasteiger partial charge on any atom is -0.478 e. The number of carboxylic acids is 1. The van der Waals surface area contributed by atoms with Crippen LogP contribution in [-0.2, 0) is 11.8 Å². The summed E-state index contributed by atoms with van der Waals surface area (Å²) in [5.41, 5.74) is 2.86. The first kappa shape index (κ1) is 13.0. The summed E-state index contributed by atoms with van der Waals surface area (Å²) in [4.78, 5) is 10.7. The topological polar surface area (TPSA) is 55.1 Å². The molecule has 2 aromatic rings. The predicted octanol–water partition coefficient (Wildman–Crippen LogP) is 2.71. The number of carboxylic acid groups (broad SMARTS) is 1. The van der Waals surface area contributed by atoms with Crippen molar-refractivity contribution in [2.75, 3.05) is 0 Å². The predicted molar refractivity (Wildman–Crippen MR) is 69.9 cm³/mol. The van der Waals surface area contributed by atoms with E-state index in [9.17, 15) is 9.18 Å². The maximum absolute atomic E-state index is 12.9. The molecule has 0 aliphatic heterocycles. The van der Waals surface area contributed by atoms with Crippen molar-refractivity contribution in [3.05, 3.63) is 47.9 Å². The smallest absolute Gasteiger partial charge is 0.328 e. The van der Waals surface area contributed by atoms with E-state index in [-0.39, 0.29) is 5.82 Å². The van der Waals surface area contributed by atoms with Gasteiger partial charge in [-0.05, 0) is 36.8 Å². The molecule has 4 nitrogen and oxygen atoms in total. The first-order chi connectivity index (χ1) is 8.99. The second-order valence-electron chi connectivity index (χ2n) is 4.20. The molecule has 1 heterocycles. The van der Waals surface area contributed by atoms with E-state index in [4.69, 9.17) is 5.11 Å². The normalized spacial score (nSPS) is 11.6. The van der Waals surface area contributed by atoms with Crippen molar-refractivity contribution in [2.45, 2.75) is 6.92 Å². The lowest BCUT2D eigenvalue weighted by atomic mass is 10.0. The molecule has 0 fully saturated rings. The number of aromatic nitrogens is 2. The van der Waals surface area contributed by atoms with Gasteiger partial charge in [0.2, 0.25) is 0 Å². The molecule has 0 spiro atoms. The highest BCUT2D eigenvalue weighted by Crippen LogP contribution is 2.28. The molecule has 1 aromatic carbocycles. The molecule has 0 saturated carbocycles. The van der Waals surface area contributed by atoms with Crippen LogP contribution in [0.3, 0.4) is 0 Å². The Morgan fingerprint density at radius 2 is 2.00 bits per heavy atom. The van der Waals surface area contributed by atoms with Gasteiger partial charge in [0.05, 0.1) is 11.9 Å². The fourth-order valence-electron chi connectivity index (χ4n) is 1.94. The van der Waals surface area contributed by atoms with Crippen molar-refractivity contribution in [3.63, 3.8) is 0 Å². The van der Waals surface area contributed by atoms with E-state index in [1.807, 2.05) is 0 Å². The number of allylic oxidation sites excluding steroid dienone is 1. The summed E-state index contributed by atoms with van der Waals surface area (Å²) < 4.78 is 14.6. The highest BCUT2D eigenvalue weighted by Gasteiger charge is 2.13. The van der Waals surface area contributed by atoms with Crippen LogP contribution in [0.1, 0.15) is 12.5 Å². The van der Waals surface area contributed by atoms with Crippen LogP contribution in [0.4, 0.5) is 4.39 Å². The SMILES string of the molecule is CC(=CC(=O)O)c1cnn(C)c1-c1ccc(F)cc1. The maximum atomic E-state index is 12.9. The van der Waals surface area contributed by atoms with Crippen LogP contribution in [0, 0.1) is 5.82 Å². The van der Waals surface area contributed by atoms with E-state index >= 15 is 0 Å². The number of aliphatic carboxylic acids is 1. The molecule has 0 unspecified atom stereocenters. The molecule has 0 radical (unpaired) electrons. The second kappa shape index (κ2) is 5.06. The first-order valence-corrected chi connectivity index (χ1v) is 5.68. The van der Waals surface area contributed by atoms with Gasteiger partial charge in [-0.25, -0.2) is 9.18 Å². The molecule has 0 amide bonds. The Morgan fingerprint density at radius 3 is 2.58 bits per heavy atom. The monoisotopic (exact) mass is 260 g/mol. The zero-order chi connectivity index (χ0) is 14.0. The van der Waals surface area contributed by atoms with Crippen molar-refractivity contribution in [3.8, 4) is 11.3 Å². The molecular formula is C14H13FN2O2. The van der Waals surface area contributed by atoms with E-state index in [1.54, 1.807) is 37.0 Å². The molecule has 0 aliphatic rings. The molecular weight excluding hydrogens is 247 g/mol. The van der Waals surface area contributed by atoms with Gasteiger partial charge < -0.3 is 5.11 Å². The van der Waals surface area contributed by atoms with Gasteiger partial charge >= 0.3 is 5.97 Å². The number of rotatable bonds is 3.